The van der Waals surface area contributed by atoms with Crippen molar-refractivity contribution in [2.24, 2.45) is 11.7 Å². The summed E-state index contributed by atoms with van der Waals surface area (Å²) in [5, 5.41) is 5.00. The molecule has 2 saturated carbocycles. The molecule has 0 radical (unpaired) electrons. The molecule has 3 rings (SSSR count). The summed E-state index contributed by atoms with van der Waals surface area (Å²) in [6.45, 7) is 2.67. The summed E-state index contributed by atoms with van der Waals surface area (Å²) < 4.78 is 69.4. The average molecular weight is 469 g/mol. The van der Waals surface area contributed by atoms with Crippen LogP contribution in [0.4, 0.5) is 13.2 Å². The zero-order chi connectivity index (χ0) is 22.8. The second kappa shape index (κ2) is 10.4. The fourth-order valence-electron chi connectivity index (χ4n) is 5.05. The Balaban J connectivity index is 1.59. The Morgan fingerprint density at radius 1 is 1.06 bits per heavy atom. The Bertz CT molecular complexity index is 710. The van der Waals surface area contributed by atoms with E-state index in [1.54, 1.807) is 0 Å². The van der Waals surface area contributed by atoms with E-state index < -0.39 is 57.7 Å². The lowest BCUT2D eigenvalue weighted by Gasteiger charge is -2.36. The van der Waals surface area contributed by atoms with Crippen molar-refractivity contribution >= 4 is 15.9 Å². The zero-order valence-corrected chi connectivity index (χ0v) is 18.7. The molecule has 0 aromatic heterocycles. The van der Waals surface area contributed by atoms with Gasteiger partial charge in [0.2, 0.25) is 15.9 Å². The van der Waals surface area contributed by atoms with Gasteiger partial charge < -0.3 is 16.4 Å². The van der Waals surface area contributed by atoms with E-state index in [1.807, 2.05) is 6.92 Å². The predicted octanol–water partition coefficient (Wildman–Crippen LogP) is 1.23. The largest absolute Gasteiger partial charge is 0.353 e. The number of piperidine rings is 1. The van der Waals surface area contributed by atoms with Gasteiger partial charge in [0.05, 0.1) is 5.25 Å². The van der Waals surface area contributed by atoms with Gasteiger partial charge in [-0.05, 0) is 45.6 Å². The number of alkyl halides is 3. The van der Waals surface area contributed by atoms with Crippen LogP contribution in [-0.4, -0.2) is 68.8 Å². The molecule has 1 aliphatic heterocycles. The molecule has 180 valence electrons. The topological polar surface area (TPSA) is 113 Å². The summed E-state index contributed by atoms with van der Waals surface area (Å²) in [4.78, 5) is 12.7. The first-order valence-electron chi connectivity index (χ1n) is 11.3. The van der Waals surface area contributed by atoms with Crippen molar-refractivity contribution in [3.05, 3.63) is 0 Å². The van der Waals surface area contributed by atoms with Crippen LogP contribution in [0.3, 0.4) is 0 Å². The summed E-state index contributed by atoms with van der Waals surface area (Å²) in [6.07, 6.45) is -2.85. The molecule has 0 aromatic rings. The molecule has 1 amide bonds. The van der Waals surface area contributed by atoms with Gasteiger partial charge in [-0.15, -0.1) is 0 Å². The predicted molar refractivity (Wildman–Crippen MR) is 112 cm³/mol. The number of hydrogen-bond donors (Lipinski definition) is 4. The van der Waals surface area contributed by atoms with E-state index in [0.29, 0.717) is 12.8 Å². The van der Waals surface area contributed by atoms with Gasteiger partial charge in [-0.25, -0.2) is 26.3 Å². The van der Waals surface area contributed by atoms with Crippen molar-refractivity contribution in [1.82, 2.24) is 15.4 Å². The lowest BCUT2D eigenvalue weighted by Crippen LogP contribution is -2.57. The zero-order valence-electron chi connectivity index (χ0n) is 17.9. The second-order valence-corrected chi connectivity index (χ2v) is 11.3. The molecular formula is C20H35F3N4O3S. The summed E-state index contributed by atoms with van der Waals surface area (Å²) in [7, 11) is -3.77. The van der Waals surface area contributed by atoms with E-state index in [2.05, 4.69) is 15.4 Å². The van der Waals surface area contributed by atoms with Crippen LogP contribution < -0.4 is 21.1 Å². The Labute approximate surface area is 182 Å². The smallest absolute Gasteiger partial charge is 0.223 e. The van der Waals surface area contributed by atoms with Crippen LogP contribution in [-0.2, 0) is 14.8 Å². The first kappa shape index (κ1) is 24.7. The molecule has 7 nitrogen and oxygen atoms in total. The van der Waals surface area contributed by atoms with Crippen molar-refractivity contribution in [3.8, 4) is 0 Å². The van der Waals surface area contributed by atoms with Gasteiger partial charge in [-0.1, -0.05) is 6.42 Å². The summed E-state index contributed by atoms with van der Waals surface area (Å²) >= 11 is 0. The third kappa shape index (κ3) is 6.11. The van der Waals surface area contributed by atoms with Gasteiger partial charge in [0, 0.05) is 42.9 Å². The van der Waals surface area contributed by atoms with E-state index in [-0.39, 0.29) is 31.3 Å². The van der Waals surface area contributed by atoms with E-state index in [9.17, 15) is 26.4 Å². The summed E-state index contributed by atoms with van der Waals surface area (Å²) in [6, 6.07) is -1.65. The lowest BCUT2D eigenvalue weighted by atomic mass is 9.84. The highest BCUT2D eigenvalue weighted by atomic mass is 32.2. The van der Waals surface area contributed by atoms with Crippen LogP contribution in [0.5, 0.6) is 0 Å². The maximum atomic E-state index is 13.6. The highest BCUT2D eigenvalue weighted by molar-refractivity contribution is 7.90. The molecule has 0 spiro atoms. The number of hydrogen-bond acceptors (Lipinski definition) is 5. The van der Waals surface area contributed by atoms with E-state index in [4.69, 9.17) is 5.73 Å². The van der Waals surface area contributed by atoms with Gasteiger partial charge in [0.1, 0.15) is 12.3 Å². The molecular weight excluding hydrogens is 433 g/mol. The quantitative estimate of drug-likeness (QED) is 0.468. The van der Waals surface area contributed by atoms with Crippen LogP contribution in [0, 0.1) is 5.92 Å². The normalized spacial score (nSPS) is 40.8. The summed E-state index contributed by atoms with van der Waals surface area (Å²) in [5.74, 6) is -1.07. The number of halogens is 3. The fraction of sp³-hybridized carbons (Fsp3) is 0.950. The molecule has 7 atom stereocenters. The van der Waals surface area contributed by atoms with Crippen molar-refractivity contribution in [2.75, 3.05) is 6.54 Å². The third-order valence-electron chi connectivity index (χ3n) is 6.97. The summed E-state index contributed by atoms with van der Waals surface area (Å²) in [5.41, 5.74) is 6.11. The maximum absolute atomic E-state index is 13.6. The van der Waals surface area contributed by atoms with Crippen molar-refractivity contribution in [1.29, 1.82) is 0 Å². The van der Waals surface area contributed by atoms with Crippen molar-refractivity contribution in [2.45, 2.75) is 106 Å². The molecule has 3 aliphatic rings. The monoisotopic (exact) mass is 468 g/mol. The first-order chi connectivity index (χ1) is 14.6. The van der Waals surface area contributed by atoms with Gasteiger partial charge in [-0.3, -0.25) is 4.79 Å². The van der Waals surface area contributed by atoms with E-state index in [0.717, 1.165) is 25.8 Å². The van der Waals surface area contributed by atoms with Gasteiger partial charge in [0.15, 0.2) is 6.17 Å². The Hall–Kier alpha value is -0.910. The molecule has 7 unspecified atom stereocenters. The first-order valence-corrected chi connectivity index (χ1v) is 12.9. The molecule has 0 aromatic carbocycles. The molecule has 5 N–H and O–H groups in total. The van der Waals surface area contributed by atoms with Crippen LogP contribution in [0.1, 0.15) is 58.3 Å². The minimum atomic E-state index is -3.77. The third-order valence-corrected chi connectivity index (χ3v) is 9.01. The molecule has 2 aliphatic carbocycles. The fourth-order valence-corrected chi connectivity index (χ4v) is 6.98. The van der Waals surface area contributed by atoms with Gasteiger partial charge in [0.25, 0.3) is 0 Å². The van der Waals surface area contributed by atoms with Crippen LogP contribution in [0.25, 0.3) is 0 Å². The van der Waals surface area contributed by atoms with Crippen molar-refractivity contribution in [3.63, 3.8) is 0 Å². The number of carbonyl (C=O) groups excluding carboxylic acids is 1. The Morgan fingerprint density at radius 3 is 2.35 bits per heavy atom. The number of nitrogens with two attached hydrogens (primary N) is 1. The number of nitrogens with one attached hydrogen (secondary N) is 3. The van der Waals surface area contributed by atoms with Crippen LogP contribution in [0.2, 0.25) is 0 Å². The molecule has 3 fully saturated rings. The molecule has 1 heterocycles. The highest BCUT2D eigenvalue weighted by Gasteiger charge is 2.43. The molecule has 31 heavy (non-hydrogen) atoms. The van der Waals surface area contributed by atoms with Crippen LogP contribution >= 0.6 is 0 Å². The number of carbonyl (C=O) groups is 1. The minimum Gasteiger partial charge on any atom is -0.353 e. The Kier molecular flexibility index (Phi) is 8.26. The maximum Gasteiger partial charge on any atom is 0.223 e. The van der Waals surface area contributed by atoms with Gasteiger partial charge >= 0.3 is 0 Å². The van der Waals surface area contributed by atoms with Crippen molar-refractivity contribution < 1.29 is 26.4 Å². The SMILES string of the molecule is CC(NS(=O)(=O)C1CC(C(=O)NC2CC(F)C(F)C(F)C2)CCC1N)C1CCCCN1. The van der Waals surface area contributed by atoms with Crippen LogP contribution in [0.15, 0.2) is 0 Å². The molecule has 11 heteroatoms. The number of rotatable bonds is 6. The Morgan fingerprint density at radius 2 is 1.74 bits per heavy atom. The molecule has 0 bridgehead atoms. The van der Waals surface area contributed by atoms with E-state index >= 15 is 0 Å². The standard InChI is InChI=1S/C20H35F3N4O3S/c1-11(17-4-2-3-7-25-17)27-31(29,30)18-8-12(5-6-16(18)24)20(28)26-13-9-14(21)19(23)15(22)10-13/h11-19,25,27H,2-10,24H2,1H3,(H,26,28). The lowest BCUT2D eigenvalue weighted by molar-refractivity contribution is -0.127. The highest BCUT2D eigenvalue weighted by Crippen LogP contribution is 2.31. The van der Waals surface area contributed by atoms with E-state index in [1.165, 1.54) is 0 Å². The average Bonchev–Trinajstić information content (AvgIpc) is 2.72. The van der Waals surface area contributed by atoms with Gasteiger partial charge in [-0.2, -0.15) is 0 Å². The number of amides is 1. The molecule has 1 saturated heterocycles. The second-order valence-electron chi connectivity index (χ2n) is 9.37. The number of sulfonamides is 1. The minimum absolute atomic E-state index is 0.0453.